The number of hydrogen-bond acceptors (Lipinski definition) is 2. The van der Waals surface area contributed by atoms with Crippen molar-refractivity contribution >= 4 is 0 Å². The van der Waals surface area contributed by atoms with E-state index in [0.717, 1.165) is 12.6 Å². The quantitative estimate of drug-likeness (QED) is 0.733. The summed E-state index contributed by atoms with van der Waals surface area (Å²) >= 11 is 0. The zero-order valence-corrected chi connectivity index (χ0v) is 10.8. The first kappa shape index (κ1) is 13.0. The molecule has 0 aliphatic heterocycles. The van der Waals surface area contributed by atoms with Gasteiger partial charge in [-0.25, -0.2) is 0 Å². The highest BCUT2D eigenvalue weighted by molar-refractivity contribution is 4.76. The van der Waals surface area contributed by atoms with Crippen molar-refractivity contribution in [1.82, 2.24) is 4.90 Å². The van der Waals surface area contributed by atoms with Crippen LogP contribution in [0.4, 0.5) is 0 Å². The van der Waals surface area contributed by atoms with Crippen LogP contribution >= 0.6 is 0 Å². The van der Waals surface area contributed by atoms with Gasteiger partial charge in [-0.2, -0.15) is 0 Å². The second-order valence-corrected chi connectivity index (χ2v) is 5.89. The lowest BCUT2D eigenvalue weighted by Gasteiger charge is -2.27. The van der Waals surface area contributed by atoms with Gasteiger partial charge in [0.25, 0.3) is 0 Å². The van der Waals surface area contributed by atoms with Crippen LogP contribution in [0.1, 0.15) is 52.4 Å². The van der Waals surface area contributed by atoms with Gasteiger partial charge in [-0.05, 0) is 51.2 Å². The summed E-state index contributed by atoms with van der Waals surface area (Å²) < 4.78 is 0. The molecule has 2 nitrogen and oxygen atoms in total. The second-order valence-electron chi connectivity index (χ2n) is 5.89. The molecule has 1 aliphatic carbocycles. The molecule has 90 valence electrons. The Morgan fingerprint density at radius 1 is 1.27 bits per heavy atom. The normalized spacial score (nSPS) is 19.0. The van der Waals surface area contributed by atoms with Crippen LogP contribution in [0.3, 0.4) is 0 Å². The lowest BCUT2D eigenvalue weighted by Crippen LogP contribution is -2.31. The fourth-order valence-electron chi connectivity index (χ4n) is 2.44. The van der Waals surface area contributed by atoms with Crippen molar-refractivity contribution in [2.45, 2.75) is 58.4 Å². The second kappa shape index (κ2) is 5.86. The van der Waals surface area contributed by atoms with E-state index in [1.807, 2.05) is 0 Å². The Kier molecular flexibility index (Phi) is 5.07. The molecule has 0 saturated heterocycles. The highest BCUT2D eigenvalue weighted by Gasteiger charge is 2.20. The van der Waals surface area contributed by atoms with Crippen molar-refractivity contribution in [3.63, 3.8) is 0 Å². The standard InChI is InChI=1S/C13H28N2/c1-13(2,11-14)9-6-10-15(3)12-7-4-5-8-12/h12H,4-11,14H2,1-3H3. The third-order valence-electron chi connectivity index (χ3n) is 3.87. The van der Waals surface area contributed by atoms with E-state index >= 15 is 0 Å². The minimum Gasteiger partial charge on any atom is -0.330 e. The fraction of sp³-hybridized carbons (Fsp3) is 1.00. The van der Waals surface area contributed by atoms with Gasteiger partial charge < -0.3 is 10.6 Å². The van der Waals surface area contributed by atoms with E-state index in [2.05, 4.69) is 25.8 Å². The molecule has 0 unspecified atom stereocenters. The van der Waals surface area contributed by atoms with Gasteiger partial charge in [-0.3, -0.25) is 0 Å². The fourth-order valence-corrected chi connectivity index (χ4v) is 2.44. The van der Waals surface area contributed by atoms with Gasteiger partial charge in [0.1, 0.15) is 0 Å². The molecular formula is C13H28N2. The summed E-state index contributed by atoms with van der Waals surface area (Å²) in [6.07, 6.45) is 8.23. The van der Waals surface area contributed by atoms with Gasteiger partial charge in [-0.1, -0.05) is 26.7 Å². The Hall–Kier alpha value is -0.0800. The topological polar surface area (TPSA) is 29.3 Å². The smallest absolute Gasteiger partial charge is 0.00922 e. The molecule has 0 aromatic heterocycles. The third kappa shape index (κ3) is 4.52. The van der Waals surface area contributed by atoms with Crippen molar-refractivity contribution in [1.29, 1.82) is 0 Å². The van der Waals surface area contributed by atoms with Crippen molar-refractivity contribution in [3.05, 3.63) is 0 Å². The SMILES string of the molecule is CN(CCCC(C)(C)CN)C1CCCC1. The molecule has 0 aromatic carbocycles. The van der Waals surface area contributed by atoms with Crippen LogP contribution in [0.25, 0.3) is 0 Å². The van der Waals surface area contributed by atoms with Gasteiger partial charge in [0, 0.05) is 6.04 Å². The van der Waals surface area contributed by atoms with Gasteiger partial charge >= 0.3 is 0 Å². The lowest BCUT2D eigenvalue weighted by atomic mass is 9.88. The monoisotopic (exact) mass is 212 g/mol. The molecule has 0 heterocycles. The Morgan fingerprint density at radius 3 is 2.40 bits per heavy atom. The highest BCUT2D eigenvalue weighted by Crippen LogP contribution is 2.24. The van der Waals surface area contributed by atoms with Crippen LogP contribution < -0.4 is 5.73 Å². The number of nitrogens with two attached hydrogens (primary N) is 1. The van der Waals surface area contributed by atoms with Gasteiger partial charge in [0.2, 0.25) is 0 Å². The average molecular weight is 212 g/mol. The minimum atomic E-state index is 0.330. The maximum atomic E-state index is 5.73. The van der Waals surface area contributed by atoms with E-state index in [1.165, 1.54) is 45.1 Å². The van der Waals surface area contributed by atoms with Crippen molar-refractivity contribution in [2.24, 2.45) is 11.1 Å². The van der Waals surface area contributed by atoms with Crippen molar-refractivity contribution in [2.75, 3.05) is 20.1 Å². The van der Waals surface area contributed by atoms with E-state index in [1.54, 1.807) is 0 Å². The molecule has 1 saturated carbocycles. The molecule has 0 atom stereocenters. The molecule has 1 aliphatic rings. The molecule has 2 heteroatoms. The number of hydrogen-bond donors (Lipinski definition) is 1. The van der Waals surface area contributed by atoms with Crippen LogP contribution in [0, 0.1) is 5.41 Å². The third-order valence-corrected chi connectivity index (χ3v) is 3.87. The van der Waals surface area contributed by atoms with Gasteiger partial charge in [0.15, 0.2) is 0 Å². The Balaban J connectivity index is 2.13. The summed E-state index contributed by atoms with van der Waals surface area (Å²) in [5, 5.41) is 0. The van der Waals surface area contributed by atoms with E-state index in [4.69, 9.17) is 5.73 Å². The van der Waals surface area contributed by atoms with E-state index in [0.29, 0.717) is 5.41 Å². The molecule has 1 rings (SSSR count). The zero-order chi connectivity index (χ0) is 11.3. The lowest BCUT2D eigenvalue weighted by molar-refractivity contribution is 0.223. The predicted molar refractivity (Wildman–Crippen MR) is 67.0 cm³/mol. The molecular weight excluding hydrogens is 184 g/mol. The van der Waals surface area contributed by atoms with Gasteiger partial charge in [0.05, 0.1) is 0 Å². The maximum absolute atomic E-state index is 5.73. The van der Waals surface area contributed by atoms with Gasteiger partial charge in [-0.15, -0.1) is 0 Å². The summed E-state index contributed by atoms with van der Waals surface area (Å²) in [6.45, 7) is 6.58. The van der Waals surface area contributed by atoms with E-state index < -0.39 is 0 Å². The molecule has 0 amide bonds. The average Bonchev–Trinajstić information content (AvgIpc) is 2.70. The van der Waals surface area contributed by atoms with E-state index in [-0.39, 0.29) is 0 Å². The molecule has 0 radical (unpaired) electrons. The molecule has 0 aromatic rings. The first-order chi connectivity index (χ1) is 7.05. The first-order valence-electron chi connectivity index (χ1n) is 6.45. The summed E-state index contributed by atoms with van der Waals surface area (Å²) in [5.74, 6) is 0. The summed E-state index contributed by atoms with van der Waals surface area (Å²) in [4.78, 5) is 2.56. The van der Waals surface area contributed by atoms with Crippen molar-refractivity contribution in [3.8, 4) is 0 Å². The Bertz CT molecular complexity index is 171. The minimum absolute atomic E-state index is 0.330. The van der Waals surface area contributed by atoms with E-state index in [9.17, 15) is 0 Å². The molecule has 0 bridgehead atoms. The molecule has 0 spiro atoms. The number of nitrogens with zero attached hydrogens (tertiary/aromatic N) is 1. The molecule has 15 heavy (non-hydrogen) atoms. The van der Waals surface area contributed by atoms with Crippen LogP contribution in [0.15, 0.2) is 0 Å². The maximum Gasteiger partial charge on any atom is 0.00922 e. The largest absolute Gasteiger partial charge is 0.330 e. The molecule has 2 N–H and O–H groups in total. The Morgan fingerprint density at radius 2 is 1.87 bits per heavy atom. The predicted octanol–water partition coefficient (Wildman–Crippen LogP) is 2.63. The zero-order valence-electron chi connectivity index (χ0n) is 10.8. The summed E-state index contributed by atoms with van der Waals surface area (Å²) in [5.41, 5.74) is 6.06. The summed E-state index contributed by atoms with van der Waals surface area (Å²) in [7, 11) is 2.28. The van der Waals surface area contributed by atoms with Crippen LogP contribution in [0.2, 0.25) is 0 Å². The first-order valence-corrected chi connectivity index (χ1v) is 6.45. The van der Waals surface area contributed by atoms with Crippen molar-refractivity contribution < 1.29 is 0 Å². The van der Waals surface area contributed by atoms with Crippen LogP contribution in [-0.2, 0) is 0 Å². The highest BCUT2D eigenvalue weighted by atomic mass is 15.1. The van der Waals surface area contributed by atoms with Crippen LogP contribution in [-0.4, -0.2) is 31.1 Å². The van der Waals surface area contributed by atoms with Crippen LogP contribution in [0.5, 0.6) is 0 Å². The Labute approximate surface area is 95.2 Å². The summed E-state index contributed by atoms with van der Waals surface area (Å²) in [6, 6.07) is 0.867. The molecule has 1 fully saturated rings. The number of rotatable bonds is 6.